The van der Waals surface area contributed by atoms with Gasteiger partial charge in [-0.05, 0) is 102 Å². The number of amides is 2. The zero-order valence-corrected chi connectivity index (χ0v) is 40.5. The minimum absolute atomic E-state index is 0.0544. The number of nitrogens with two attached hydrogens (primary N) is 3. The summed E-state index contributed by atoms with van der Waals surface area (Å²) in [7, 11) is 4.75. The number of aldehydes is 2. The van der Waals surface area contributed by atoms with E-state index in [1.807, 2.05) is 84.3 Å². The molecule has 7 aromatic rings. The van der Waals surface area contributed by atoms with Crippen molar-refractivity contribution in [3.63, 3.8) is 0 Å². The Hall–Kier alpha value is -8.59. The van der Waals surface area contributed by atoms with Crippen LogP contribution >= 0.6 is 0 Å². The van der Waals surface area contributed by atoms with Crippen LogP contribution in [0.3, 0.4) is 0 Å². The quantitative estimate of drug-likeness (QED) is 0.0197. The van der Waals surface area contributed by atoms with Crippen LogP contribution in [0.5, 0.6) is 11.5 Å². The number of nitrogen functional groups attached to an aromatic ring is 1. The van der Waals surface area contributed by atoms with Gasteiger partial charge >= 0.3 is 0 Å². The molecule has 2 amide bonds. The molecular formula is C49H61N15O6. The highest BCUT2D eigenvalue weighted by Crippen LogP contribution is 2.39. The van der Waals surface area contributed by atoms with Gasteiger partial charge in [0.05, 0.1) is 54.6 Å². The molecule has 0 unspecified atom stereocenters. The molecule has 21 heteroatoms. The molecule has 0 bridgehead atoms. The number of carbonyl (C=O) groups excluding carboxylic acids is 4. The Kier molecular flexibility index (Phi) is 18.7. The minimum Gasteiger partial charge on any atom is -0.494 e. The van der Waals surface area contributed by atoms with Crippen LogP contribution in [-0.2, 0) is 26.2 Å². The summed E-state index contributed by atoms with van der Waals surface area (Å²) in [5.74, 6) is 0.414. The number of methoxy groups -OCH3 is 1. The summed E-state index contributed by atoms with van der Waals surface area (Å²) in [6.07, 6.45) is 11.0. The van der Waals surface area contributed by atoms with Gasteiger partial charge in [0.25, 0.3) is 5.91 Å². The fraction of sp³-hybridized carbons (Fsp3) is 0.286. The number of allylic oxidation sites excluding steroid dienone is 2. The number of primary amides is 1. The maximum absolute atomic E-state index is 13.4. The second kappa shape index (κ2) is 25.0. The molecule has 0 fully saturated rings. The summed E-state index contributed by atoms with van der Waals surface area (Å²) < 4.78 is 19.1. The van der Waals surface area contributed by atoms with E-state index in [2.05, 4.69) is 43.4 Å². The van der Waals surface area contributed by atoms with Crippen LogP contribution in [0.15, 0.2) is 90.1 Å². The van der Waals surface area contributed by atoms with Gasteiger partial charge in [0.1, 0.15) is 47.0 Å². The number of fused-ring (bicyclic) bond motifs is 2. The van der Waals surface area contributed by atoms with Crippen molar-refractivity contribution in [1.82, 2.24) is 44.2 Å². The van der Waals surface area contributed by atoms with Gasteiger partial charge in [-0.2, -0.15) is 15.3 Å². The zero-order chi connectivity index (χ0) is 50.9. The van der Waals surface area contributed by atoms with Crippen molar-refractivity contribution < 1.29 is 28.7 Å². The summed E-state index contributed by atoms with van der Waals surface area (Å²) in [5, 5.41) is 20.0. The molecule has 4 heterocycles. The van der Waals surface area contributed by atoms with E-state index < -0.39 is 5.91 Å². The van der Waals surface area contributed by atoms with Gasteiger partial charge in [-0.15, -0.1) is 0 Å². The lowest BCUT2D eigenvalue weighted by Gasteiger charge is -2.27. The summed E-state index contributed by atoms with van der Waals surface area (Å²) in [5.41, 5.74) is 23.2. The van der Waals surface area contributed by atoms with Crippen molar-refractivity contribution in [3.05, 3.63) is 119 Å². The number of aromatic nitrogens is 8. The first-order valence-electron chi connectivity index (χ1n) is 22.3. The molecule has 368 valence electrons. The number of hydrogen-bond donors (Lipinski definition) is 5. The van der Waals surface area contributed by atoms with Gasteiger partial charge < -0.3 is 46.8 Å². The van der Waals surface area contributed by atoms with Gasteiger partial charge in [-0.3, -0.25) is 38.2 Å². The van der Waals surface area contributed by atoms with Crippen molar-refractivity contribution in [1.29, 1.82) is 0 Å². The molecule has 0 spiro atoms. The van der Waals surface area contributed by atoms with Gasteiger partial charge in [0.2, 0.25) is 11.9 Å². The van der Waals surface area contributed by atoms with Crippen molar-refractivity contribution >= 4 is 76.1 Å². The van der Waals surface area contributed by atoms with E-state index in [-0.39, 0.29) is 31.3 Å². The average Bonchev–Trinajstić information content (AvgIpc) is 4.16. The van der Waals surface area contributed by atoms with E-state index in [0.29, 0.717) is 88.4 Å². The normalized spacial score (nSPS) is 11.0. The topological polar surface area (TPSA) is 276 Å². The number of anilines is 3. The molecule has 0 saturated heterocycles. The van der Waals surface area contributed by atoms with Crippen LogP contribution in [0, 0.1) is 13.8 Å². The van der Waals surface area contributed by atoms with E-state index in [9.17, 15) is 19.2 Å². The summed E-state index contributed by atoms with van der Waals surface area (Å²) in [6, 6.07) is 15.6. The lowest BCUT2D eigenvalue weighted by atomic mass is 10.1. The highest BCUT2D eigenvalue weighted by atomic mass is 16.5. The van der Waals surface area contributed by atoms with Gasteiger partial charge in [0, 0.05) is 55.4 Å². The Morgan fingerprint density at radius 1 is 0.886 bits per heavy atom. The summed E-state index contributed by atoms with van der Waals surface area (Å²) >= 11 is 0. The van der Waals surface area contributed by atoms with Crippen molar-refractivity contribution in [2.75, 3.05) is 57.0 Å². The fourth-order valence-electron chi connectivity index (χ4n) is 7.52. The number of carbonyl (C=O) groups is 4. The van der Waals surface area contributed by atoms with Crippen molar-refractivity contribution in [2.24, 2.45) is 16.5 Å². The molecule has 0 atom stereocenters. The lowest BCUT2D eigenvalue weighted by Crippen LogP contribution is -2.39. The monoisotopic (exact) mass is 955 g/mol. The molecule has 8 N–H and O–H groups in total. The summed E-state index contributed by atoms with van der Waals surface area (Å²) in [6.45, 7) is 14.0. The smallest absolute Gasteiger partial charge is 0.270 e. The molecule has 0 aliphatic rings. The number of aliphatic imine (C=N–C) groups is 1. The molecule has 7 rings (SSSR count). The van der Waals surface area contributed by atoms with E-state index >= 15 is 0 Å². The molecule has 0 saturated carbocycles. The Balaban J connectivity index is 0.000000670. The lowest BCUT2D eigenvalue weighted by molar-refractivity contribution is 0.0941. The Labute approximate surface area is 405 Å². The predicted octanol–water partition coefficient (Wildman–Crippen LogP) is 5.47. The van der Waals surface area contributed by atoms with Gasteiger partial charge in [0.15, 0.2) is 6.29 Å². The van der Waals surface area contributed by atoms with Crippen LogP contribution in [0.4, 0.5) is 23.0 Å². The highest BCUT2D eigenvalue weighted by Gasteiger charge is 2.21. The van der Waals surface area contributed by atoms with Crippen LogP contribution in [0.25, 0.3) is 21.9 Å². The first-order valence-corrected chi connectivity index (χ1v) is 22.3. The number of hydrogen-bond acceptors (Lipinski definition) is 15. The third kappa shape index (κ3) is 12.5. The Morgan fingerprint density at radius 2 is 1.61 bits per heavy atom. The molecule has 70 heavy (non-hydrogen) atoms. The first-order chi connectivity index (χ1) is 33.9. The van der Waals surface area contributed by atoms with Crippen LogP contribution in [-0.4, -0.2) is 111 Å². The minimum atomic E-state index is -0.611. The van der Waals surface area contributed by atoms with E-state index in [0.717, 1.165) is 35.1 Å². The maximum Gasteiger partial charge on any atom is 0.270 e. The second-order valence-corrected chi connectivity index (χ2v) is 15.3. The third-order valence-electron chi connectivity index (χ3n) is 10.7. The molecule has 21 nitrogen and oxygen atoms in total. The Bertz CT molecular complexity index is 3010. The Morgan fingerprint density at radius 3 is 2.27 bits per heavy atom. The highest BCUT2D eigenvalue weighted by molar-refractivity contribution is 5.99. The largest absolute Gasteiger partial charge is 0.494 e. The SMILES string of the molecule is C=Nc1cc(C=O)cc(OC)c1N(C/C=C/Cn1c(NC)nc2cc(C(N)=O)cc(OC/C=C/Cn3ncc4cc(N)ccc43)c21)CNC(=O)c1cc(C)nn1CC.CCn1nc(C)cc1C=O.CN. The summed E-state index contributed by atoms with van der Waals surface area (Å²) in [4.78, 5) is 58.5. The number of imidazole rings is 1. The number of ether oxygens (including phenoxy) is 2. The first kappa shape index (κ1) is 52.4. The molecular weight excluding hydrogens is 895 g/mol. The zero-order valence-electron chi connectivity index (χ0n) is 40.5. The third-order valence-corrected chi connectivity index (χ3v) is 10.7. The predicted molar refractivity (Wildman–Crippen MR) is 274 cm³/mol. The van der Waals surface area contributed by atoms with Crippen LogP contribution in [0.1, 0.15) is 66.9 Å². The van der Waals surface area contributed by atoms with E-state index in [4.69, 9.17) is 25.9 Å². The number of aryl methyl sites for hydroxylation is 4. The number of benzene rings is 3. The molecule has 0 radical (unpaired) electrons. The number of nitrogens with zero attached hydrogens (tertiary/aromatic N) is 10. The van der Waals surface area contributed by atoms with Crippen molar-refractivity contribution in [3.8, 4) is 11.5 Å². The number of nitrogens with one attached hydrogen (secondary N) is 2. The van der Waals surface area contributed by atoms with Gasteiger partial charge in [-0.1, -0.05) is 18.2 Å². The molecule has 0 aliphatic carbocycles. The van der Waals surface area contributed by atoms with Gasteiger partial charge in [-0.25, -0.2) is 4.98 Å². The average molecular weight is 956 g/mol. The molecule has 0 aliphatic heterocycles. The second-order valence-electron chi connectivity index (χ2n) is 15.3. The van der Waals surface area contributed by atoms with E-state index in [1.165, 1.54) is 14.2 Å². The maximum atomic E-state index is 13.4. The fourth-order valence-corrected chi connectivity index (χ4v) is 7.52. The van der Waals surface area contributed by atoms with Crippen molar-refractivity contribution in [2.45, 2.75) is 53.9 Å². The van der Waals surface area contributed by atoms with Crippen LogP contribution in [0.2, 0.25) is 0 Å². The van der Waals surface area contributed by atoms with Crippen LogP contribution < -0.4 is 42.2 Å². The number of rotatable bonds is 21. The molecule has 4 aromatic heterocycles. The molecule has 3 aromatic carbocycles. The standard InChI is InChI=1S/C41H46N12O5.C7H10N2O.CH5N/c1-6-52-34(17-26(2)49-52)40(56)46-25-50(37-31(44-3)18-27(24-54)19-35(37)57-5)13-7-8-14-51-38-32(48-41(51)45-4)21-28(39(43)55)22-36(38)58-16-10-9-15-53-33-12-11-30(42)20-29(33)23-47-53;1-3-9-7(5-10)4-6(2)8-9;1-2/h7-12,17-24H,3,6,13-16,25,42H2,1-2,4-5H3,(H2,43,55)(H,45,48)(H,46,56);4-5H,3H2,1-2H3;2H2,1H3/b8-7+,10-9+;;. The van der Waals surface area contributed by atoms with E-state index in [1.54, 1.807) is 59.0 Å².